The first-order valence-corrected chi connectivity index (χ1v) is 12.8. The molecule has 32 heavy (non-hydrogen) atoms. The highest BCUT2D eigenvalue weighted by Gasteiger charge is 2.26. The number of halogens is 1. The van der Waals surface area contributed by atoms with Gasteiger partial charge in [-0.15, -0.1) is 0 Å². The van der Waals surface area contributed by atoms with Gasteiger partial charge < -0.3 is 14.7 Å². The molecule has 2 aliphatic rings. The average Bonchev–Trinajstić information content (AvgIpc) is 3.11. The van der Waals surface area contributed by atoms with Crippen molar-refractivity contribution >= 4 is 21.8 Å². The molecule has 1 amide bonds. The fourth-order valence-electron chi connectivity index (χ4n) is 4.69. The van der Waals surface area contributed by atoms with E-state index in [1.54, 1.807) is 0 Å². The molecule has 8 heteroatoms. The summed E-state index contributed by atoms with van der Waals surface area (Å²) in [5, 5.41) is 7.30. The smallest absolute Gasteiger partial charge is 0.241 e. The highest BCUT2D eigenvalue weighted by molar-refractivity contribution is 9.10. The Bertz CT molecular complexity index is 866. The summed E-state index contributed by atoms with van der Waals surface area (Å²) < 4.78 is 6.46. The fourth-order valence-corrected chi connectivity index (χ4v) is 5.09. The van der Waals surface area contributed by atoms with Gasteiger partial charge in [0.2, 0.25) is 17.6 Å². The standard InChI is InChI=1S/C24H34BrN5O2/c25-21-10-5-8-19(16-21)23-27-22(32-28-23)18-30-14-6-9-20(17-30)24(31)26-11-7-15-29-12-3-1-2-4-13-29/h5,8,10,16,20H,1-4,6-7,9,11-15,17-18H2,(H,26,31). The number of piperidine rings is 1. The van der Waals surface area contributed by atoms with Crippen LogP contribution in [0.25, 0.3) is 11.4 Å². The minimum atomic E-state index is 0.0365. The maximum Gasteiger partial charge on any atom is 0.241 e. The molecule has 0 radical (unpaired) electrons. The van der Waals surface area contributed by atoms with Crippen LogP contribution in [0.5, 0.6) is 0 Å². The van der Waals surface area contributed by atoms with Crippen molar-refractivity contribution < 1.29 is 9.32 Å². The predicted molar refractivity (Wildman–Crippen MR) is 128 cm³/mol. The molecule has 1 unspecified atom stereocenters. The van der Waals surface area contributed by atoms with Crippen molar-refractivity contribution in [2.24, 2.45) is 5.92 Å². The number of carbonyl (C=O) groups is 1. The zero-order valence-corrected chi connectivity index (χ0v) is 20.4. The molecule has 1 N–H and O–H groups in total. The minimum absolute atomic E-state index is 0.0365. The summed E-state index contributed by atoms with van der Waals surface area (Å²) in [5.74, 6) is 1.41. The molecule has 1 aromatic heterocycles. The van der Waals surface area contributed by atoms with Crippen LogP contribution in [-0.4, -0.2) is 65.1 Å². The predicted octanol–water partition coefficient (Wildman–Crippen LogP) is 4.09. The Morgan fingerprint density at radius 2 is 1.94 bits per heavy atom. The maximum atomic E-state index is 12.7. The molecule has 2 aliphatic heterocycles. The molecule has 7 nitrogen and oxygen atoms in total. The van der Waals surface area contributed by atoms with Crippen molar-refractivity contribution in [3.63, 3.8) is 0 Å². The van der Waals surface area contributed by atoms with Crippen LogP contribution < -0.4 is 5.32 Å². The Labute approximate surface area is 199 Å². The minimum Gasteiger partial charge on any atom is -0.356 e. The molecular weight excluding hydrogens is 470 g/mol. The van der Waals surface area contributed by atoms with Crippen molar-refractivity contribution in [3.8, 4) is 11.4 Å². The van der Waals surface area contributed by atoms with Gasteiger partial charge in [-0.3, -0.25) is 9.69 Å². The summed E-state index contributed by atoms with van der Waals surface area (Å²) in [6, 6.07) is 7.87. The Kier molecular flexibility index (Phi) is 8.70. The van der Waals surface area contributed by atoms with Crippen LogP contribution in [0.15, 0.2) is 33.3 Å². The number of hydrogen-bond donors (Lipinski definition) is 1. The third-order valence-electron chi connectivity index (χ3n) is 6.44. The van der Waals surface area contributed by atoms with Crippen molar-refractivity contribution in [1.82, 2.24) is 25.3 Å². The van der Waals surface area contributed by atoms with E-state index in [4.69, 9.17) is 4.52 Å². The van der Waals surface area contributed by atoms with Crippen molar-refractivity contribution in [2.45, 2.75) is 51.5 Å². The van der Waals surface area contributed by atoms with Crippen molar-refractivity contribution in [2.75, 3.05) is 39.3 Å². The SMILES string of the molecule is O=C(NCCCN1CCCCCC1)C1CCCN(Cc2nc(-c3cccc(Br)c3)no2)C1. The van der Waals surface area contributed by atoms with E-state index >= 15 is 0 Å². The topological polar surface area (TPSA) is 74.5 Å². The normalized spacial score (nSPS) is 20.7. The van der Waals surface area contributed by atoms with E-state index in [9.17, 15) is 4.79 Å². The lowest BCUT2D eigenvalue weighted by molar-refractivity contribution is -0.126. The van der Waals surface area contributed by atoms with Gasteiger partial charge >= 0.3 is 0 Å². The monoisotopic (exact) mass is 503 g/mol. The maximum absolute atomic E-state index is 12.7. The molecule has 0 aliphatic carbocycles. The van der Waals surface area contributed by atoms with Crippen LogP contribution in [-0.2, 0) is 11.3 Å². The molecule has 4 rings (SSSR count). The largest absolute Gasteiger partial charge is 0.356 e. The van der Waals surface area contributed by atoms with Crippen LogP contribution in [0.3, 0.4) is 0 Å². The first-order valence-electron chi connectivity index (χ1n) is 12.0. The first kappa shape index (κ1) is 23.4. The Balaban J connectivity index is 1.20. The Morgan fingerprint density at radius 1 is 1.12 bits per heavy atom. The van der Waals surface area contributed by atoms with E-state index in [1.165, 1.54) is 38.8 Å². The van der Waals surface area contributed by atoms with Gasteiger partial charge in [-0.25, -0.2) is 0 Å². The van der Waals surface area contributed by atoms with Gasteiger partial charge in [0.1, 0.15) is 0 Å². The molecule has 0 spiro atoms. The molecule has 1 atom stereocenters. The number of nitrogens with one attached hydrogen (secondary N) is 1. The molecule has 2 aromatic rings. The number of nitrogens with zero attached hydrogens (tertiary/aromatic N) is 4. The van der Waals surface area contributed by atoms with Crippen molar-refractivity contribution in [3.05, 3.63) is 34.6 Å². The average molecular weight is 504 g/mol. The summed E-state index contributed by atoms with van der Waals surface area (Å²) in [5.41, 5.74) is 0.922. The number of benzene rings is 1. The van der Waals surface area contributed by atoms with Gasteiger partial charge in [0, 0.05) is 23.1 Å². The highest BCUT2D eigenvalue weighted by atomic mass is 79.9. The zero-order valence-electron chi connectivity index (χ0n) is 18.8. The van der Waals surface area contributed by atoms with E-state index in [0.29, 0.717) is 18.3 Å². The highest BCUT2D eigenvalue weighted by Crippen LogP contribution is 2.22. The molecule has 2 saturated heterocycles. The third kappa shape index (κ3) is 6.86. The van der Waals surface area contributed by atoms with E-state index < -0.39 is 0 Å². The first-order chi connectivity index (χ1) is 15.7. The quantitative estimate of drug-likeness (QED) is 0.546. The number of rotatable bonds is 8. The van der Waals surface area contributed by atoms with Crippen LogP contribution in [0.4, 0.5) is 0 Å². The van der Waals surface area contributed by atoms with Crippen LogP contribution >= 0.6 is 15.9 Å². The second-order valence-electron chi connectivity index (χ2n) is 9.00. The lowest BCUT2D eigenvalue weighted by Crippen LogP contribution is -2.43. The van der Waals surface area contributed by atoms with Gasteiger partial charge in [0.05, 0.1) is 12.5 Å². The second-order valence-corrected chi connectivity index (χ2v) is 9.91. The van der Waals surface area contributed by atoms with E-state index in [0.717, 1.165) is 55.5 Å². The second kappa shape index (κ2) is 11.9. The Morgan fingerprint density at radius 3 is 2.75 bits per heavy atom. The van der Waals surface area contributed by atoms with E-state index in [2.05, 4.69) is 41.2 Å². The molecule has 0 bridgehead atoms. The van der Waals surface area contributed by atoms with Crippen LogP contribution in [0, 0.1) is 5.92 Å². The number of aromatic nitrogens is 2. The van der Waals surface area contributed by atoms with Crippen LogP contribution in [0.1, 0.15) is 50.8 Å². The number of carbonyl (C=O) groups excluding carboxylic acids is 1. The van der Waals surface area contributed by atoms with Gasteiger partial charge in [0.15, 0.2) is 0 Å². The fraction of sp³-hybridized carbons (Fsp3) is 0.625. The molecule has 1 aromatic carbocycles. The third-order valence-corrected chi connectivity index (χ3v) is 6.93. The lowest BCUT2D eigenvalue weighted by atomic mass is 9.97. The summed E-state index contributed by atoms with van der Waals surface area (Å²) >= 11 is 3.48. The summed E-state index contributed by atoms with van der Waals surface area (Å²) in [7, 11) is 0. The summed E-state index contributed by atoms with van der Waals surface area (Å²) in [6.45, 7) is 6.56. The van der Waals surface area contributed by atoms with Crippen LogP contribution in [0.2, 0.25) is 0 Å². The number of hydrogen-bond acceptors (Lipinski definition) is 6. The van der Waals surface area contributed by atoms with Gasteiger partial charge in [-0.05, 0) is 70.4 Å². The van der Waals surface area contributed by atoms with E-state index in [-0.39, 0.29) is 11.8 Å². The molecule has 2 fully saturated rings. The number of amides is 1. The summed E-state index contributed by atoms with van der Waals surface area (Å²) in [6.07, 6.45) is 8.34. The molecule has 0 saturated carbocycles. The van der Waals surface area contributed by atoms with Gasteiger partial charge in [-0.2, -0.15) is 4.98 Å². The molecule has 3 heterocycles. The van der Waals surface area contributed by atoms with Gasteiger partial charge in [-0.1, -0.05) is 46.1 Å². The molecular formula is C24H34BrN5O2. The van der Waals surface area contributed by atoms with E-state index in [1.807, 2.05) is 24.3 Å². The Hall–Kier alpha value is -1.77. The number of likely N-dealkylation sites (tertiary alicyclic amines) is 2. The molecule has 174 valence electrons. The lowest BCUT2D eigenvalue weighted by Gasteiger charge is -2.31. The summed E-state index contributed by atoms with van der Waals surface area (Å²) in [4.78, 5) is 22.1. The van der Waals surface area contributed by atoms with Crippen molar-refractivity contribution in [1.29, 1.82) is 0 Å². The zero-order chi connectivity index (χ0) is 22.2. The van der Waals surface area contributed by atoms with Gasteiger partial charge in [0.25, 0.3) is 0 Å².